The molecule has 1 saturated carbocycles. The van der Waals surface area contributed by atoms with E-state index in [1.165, 1.54) is 32.1 Å². The van der Waals surface area contributed by atoms with Crippen molar-refractivity contribution in [2.75, 3.05) is 13.1 Å². The Hall–Kier alpha value is -0.570. The lowest BCUT2D eigenvalue weighted by Gasteiger charge is -2.29. The minimum atomic E-state index is 0.147. The minimum Gasteiger partial charge on any atom is -0.355 e. The molecule has 2 N–H and O–H groups in total. The molecule has 3 nitrogen and oxygen atoms in total. The summed E-state index contributed by atoms with van der Waals surface area (Å²) in [5.41, 5.74) is 0. The number of nitrogens with one attached hydrogen (secondary N) is 2. The summed E-state index contributed by atoms with van der Waals surface area (Å²) in [5, 5.41) is 6.39. The summed E-state index contributed by atoms with van der Waals surface area (Å²) in [4.78, 5) is 11.6. The maximum Gasteiger partial charge on any atom is 0.233 e. The van der Waals surface area contributed by atoms with Crippen LogP contribution in [0.25, 0.3) is 0 Å². The number of hydrogen-bond acceptors (Lipinski definition) is 2. The lowest BCUT2D eigenvalue weighted by atomic mass is 9.84. The van der Waals surface area contributed by atoms with Crippen LogP contribution in [0.1, 0.15) is 59.3 Å². The van der Waals surface area contributed by atoms with E-state index in [0.717, 1.165) is 18.9 Å². The SMILES string of the molecule is CCC1CCCC(NCC(=O)NCCC(C)C)C1. The molecule has 1 amide bonds. The zero-order chi connectivity index (χ0) is 13.4. The fourth-order valence-electron chi connectivity index (χ4n) is 2.65. The van der Waals surface area contributed by atoms with Crippen molar-refractivity contribution in [1.82, 2.24) is 10.6 Å². The van der Waals surface area contributed by atoms with E-state index in [1.807, 2.05) is 0 Å². The summed E-state index contributed by atoms with van der Waals surface area (Å²) in [6.07, 6.45) is 7.50. The summed E-state index contributed by atoms with van der Waals surface area (Å²) < 4.78 is 0. The van der Waals surface area contributed by atoms with Crippen LogP contribution in [0, 0.1) is 11.8 Å². The van der Waals surface area contributed by atoms with Crippen LogP contribution >= 0.6 is 0 Å². The predicted octanol–water partition coefficient (Wildman–Crippen LogP) is 2.71. The van der Waals surface area contributed by atoms with E-state index < -0.39 is 0 Å². The van der Waals surface area contributed by atoms with Crippen LogP contribution in [0.2, 0.25) is 0 Å². The van der Waals surface area contributed by atoms with Gasteiger partial charge in [0.15, 0.2) is 0 Å². The van der Waals surface area contributed by atoms with Crippen molar-refractivity contribution in [2.24, 2.45) is 11.8 Å². The normalized spacial score (nSPS) is 24.2. The first-order chi connectivity index (χ1) is 8.61. The fourth-order valence-corrected chi connectivity index (χ4v) is 2.65. The van der Waals surface area contributed by atoms with Crippen molar-refractivity contribution in [2.45, 2.75) is 65.3 Å². The monoisotopic (exact) mass is 254 g/mol. The van der Waals surface area contributed by atoms with Gasteiger partial charge in [0.25, 0.3) is 0 Å². The highest BCUT2D eigenvalue weighted by Crippen LogP contribution is 2.26. The maximum absolute atomic E-state index is 11.6. The van der Waals surface area contributed by atoms with E-state index in [2.05, 4.69) is 31.4 Å². The van der Waals surface area contributed by atoms with Gasteiger partial charge in [0.2, 0.25) is 5.91 Å². The molecule has 0 bridgehead atoms. The zero-order valence-corrected chi connectivity index (χ0v) is 12.3. The van der Waals surface area contributed by atoms with Crippen LogP contribution in [0.15, 0.2) is 0 Å². The van der Waals surface area contributed by atoms with Crippen LogP contribution in [0.3, 0.4) is 0 Å². The molecule has 3 heteroatoms. The third-order valence-electron chi connectivity index (χ3n) is 3.96. The topological polar surface area (TPSA) is 41.1 Å². The van der Waals surface area contributed by atoms with Gasteiger partial charge in [-0.05, 0) is 31.1 Å². The summed E-state index contributed by atoms with van der Waals surface area (Å²) >= 11 is 0. The molecule has 1 fully saturated rings. The largest absolute Gasteiger partial charge is 0.355 e. The van der Waals surface area contributed by atoms with Gasteiger partial charge in [0.1, 0.15) is 0 Å². The van der Waals surface area contributed by atoms with Crippen molar-refractivity contribution < 1.29 is 4.79 Å². The molecule has 0 aromatic heterocycles. The van der Waals surface area contributed by atoms with Gasteiger partial charge in [-0.2, -0.15) is 0 Å². The lowest BCUT2D eigenvalue weighted by Crippen LogP contribution is -2.41. The Morgan fingerprint density at radius 2 is 2.11 bits per heavy atom. The Balaban J connectivity index is 2.10. The minimum absolute atomic E-state index is 0.147. The van der Waals surface area contributed by atoms with Gasteiger partial charge in [-0.25, -0.2) is 0 Å². The van der Waals surface area contributed by atoms with Crippen molar-refractivity contribution in [1.29, 1.82) is 0 Å². The van der Waals surface area contributed by atoms with Gasteiger partial charge in [-0.3, -0.25) is 4.79 Å². The van der Waals surface area contributed by atoms with Crippen LogP contribution in [0.5, 0.6) is 0 Å². The molecule has 1 aliphatic carbocycles. The second kappa shape index (κ2) is 8.52. The molecule has 1 aliphatic rings. The third-order valence-corrected chi connectivity index (χ3v) is 3.96. The Morgan fingerprint density at radius 1 is 1.33 bits per heavy atom. The number of hydrogen-bond donors (Lipinski definition) is 2. The fraction of sp³-hybridized carbons (Fsp3) is 0.933. The molecule has 2 unspecified atom stereocenters. The van der Waals surface area contributed by atoms with E-state index in [0.29, 0.717) is 18.5 Å². The van der Waals surface area contributed by atoms with E-state index in [4.69, 9.17) is 0 Å². The number of carbonyl (C=O) groups excluding carboxylic acids is 1. The van der Waals surface area contributed by atoms with Crippen molar-refractivity contribution in [3.05, 3.63) is 0 Å². The van der Waals surface area contributed by atoms with Crippen molar-refractivity contribution >= 4 is 5.91 Å². The van der Waals surface area contributed by atoms with Gasteiger partial charge in [-0.1, -0.05) is 40.0 Å². The Kier molecular flexibility index (Phi) is 7.33. The maximum atomic E-state index is 11.6. The standard InChI is InChI=1S/C15H30N2O/c1-4-13-6-5-7-14(10-13)17-11-15(18)16-9-8-12(2)3/h12-14,17H,4-11H2,1-3H3,(H,16,18). The van der Waals surface area contributed by atoms with Gasteiger partial charge in [0.05, 0.1) is 6.54 Å². The van der Waals surface area contributed by atoms with Gasteiger partial charge < -0.3 is 10.6 Å². The van der Waals surface area contributed by atoms with Crippen LogP contribution in [-0.2, 0) is 4.79 Å². The number of carbonyl (C=O) groups is 1. The highest BCUT2D eigenvalue weighted by molar-refractivity contribution is 5.77. The Morgan fingerprint density at radius 3 is 2.78 bits per heavy atom. The molecule has 18 heavy (non-hydrogen) atoms. The molecule has 0 saturated heterocycles. The lowest BCUT2D eigenvalue weighted by molar-refractivity contribution is -0.120. The summed E-state index contributed by atoms with van der Waals surface area (Å²) in [7, 11) is 0. The summed E-state index contributed by atoms with van der Waals surface area (Å²) in [6, 6.07) is 0.555. The van der Waals surface area contributed by atoms with Crippen molar-refractivity contribution in [3.8, 4) is 0 Å². The Bertz CT molecular complexity index is 241. The highest BCUT2D eigenvalue weighted by Gasteiger charge is 2.20. The molecule has 0 heterocycles. The average Bonchev–Trinajstić information content (AvgIpc) is 2.36. The second-order valence-corrected chi connectivity index (χ2v) is 6.05. The van der Waals surface area contributed by atoms with E-state index in [1.54, 1.807) is 0 Å². The molecule has 0 aromatic rings. The smallest absolute Gasteiger partial charge is 0.233 e. The first-order valence-corrected chi connectivity index (χ1v) is 7.61. The molecule has 106 valence electrons. The highest BCUT2D eigenvalue weighted by atomic mass is 16.1. The van der Waals surface area contributed by atoms with Crippen LogP contribution in [-0.4, -0.2) is 25.0 Å². The van der Waals surface area contributed by atoms with Crippen molar-refractivity contribution in [3.63, 3.8) is 0 Å². The Labute approximate surface area is 112 Å². The molecule has 2 atom stereocenters. The molecule has 0 aromatic carbocycles. The summed E-state index contributed by atoms with van der Waals surface area (Å²) in [5.74, 6) is 1.66. The number of amides is 1. The second-order valence-electron chi connectivity index (χ2n) is 6.05. The molecule has 0 radical (unpaired) electrons. The van der Waals surface area contributed by atoms with E-state index in [-0.39, 0.29) is 5.91 Å². The van der Waals surface area contributed by atoms with E-state index >= 15 is 0 Å². The zero-order valence-electron chi connectivity index (χ0n) is 12.3. The van der Waals surface area contributed by atoms with Gasteiger partial charge >= 0.3 is 0 Å². The third kappa shape index (κ3) is 6.39. The van der Waals surface area contributed by atoms with Gasteiger partial charge in [-0.15, -0.1) is 0 Å². The molecule has 0 aliphatic heterocycles. The van der Waals surface area contributed by atoms with Crippen LogP contribution in [0.4, 0.5) is 0 Å². The van der Waals surface area contributed by atoms with Gasteiger partial charge in [0, 0.05) is 12.6 Å². The van der Waals surface area contributed by atoms with Crippen LogP contribution < -0.4 is 10.6 Å². The summed E-state index contributed by atoms with van der Waals surface area (Å²) in [6.45, 7) is 7.92. The first-order valence-electron chi connectivity index (χ1n) is 7.61. The molecule has 0 spiro atoms. The first kappa shape index (κ1) is 15.5. The van der Waals surface area contributed by atoms with E-state index in [9.17, 15) is 4.79 Å². The quantitative estimate of drug-likeness (QED) is 0.733. The molecule has 1 rings (SSSR count). The number of rotatable bonds is 7. The average molecular weight is 254 g/mol. The predicted molar refractivity (Wildman–Crippen MR) is 76.5 cm³/mol. The molecular formula is C15H30N2O. The molecular weight excluding hydrogens is 224 g/mol.